The van der Waals surface area contributed by atoms with E-state index in [1.165, 1.54) is 24.5 Å². The monoisotopic (exact) mass is 217 g/mol. The Bertz CT molecular complexity index is 578. The molecule has 0 unspecified atom stereocenters. The average molecular weight is 217 g/mol. The molecule has 0 amide bonds. The zero-order valence-corrected chi connectivity index (χ0v) is 7.86. The van der Waals surface area contributed by atoms with Gasteiger partial charge >= 0.3 is 5.69 Å². The van der Waals surface area contributed by atoms with Crippen molar-refractivity contribution in [3.8, 4) is 0 Å². The first-order valence-corrected chi connectivity index (χ1v) is 4.19. The molecule has 0 bridgehead atoms. The van der Waals surface area contributed by atoms with E-state index >= 15 is 0 Å². The van der Waals surface area contributed by atoms with Crippen molar-refractivity contribution in [2.75, 3.05) is 0 Å². The number of aromatic nitrogens is 2. The summed E-state index contributed by atoms with van der Waals surface area (Å²) in [6, 6.07) is 2.63. The summed E-state index contributed by atoms with van der Waals surface area (Å²) < 4.78 is 0. The van der Waals surface area contributed by atoms with Crippen LogP contribution in [0.4, 0.5) is 11.4 Å². The molecule has 8 nitrogen and oxygen atoms in total. The van der Waals surface area contributed by atoms with Gasteiger partial charge in [-0.1, -0.05) is 0 Å². The lowest BCUT2D eigenvalue weighted by molar-refractivity contribution is -0.384. The van der Waals surface area contributed by atoms with Gasteiger partial charge < -0.3 is 0 Å². The van der Waals surface area contributed by atoms with Crippen LogP contribution < -0.4 is 4.91 Å². The van der Waals surface area contributed by atoms with Crippen molar-refractivity contribution in [3.63, 3.8) is 0 Å². The quantitative estimate of drug-likeness (QED) is 0.356. The molecule has 0 aliphatic carbocycles. The van der Waals surface area contributed by atoms with Gasteiger partial charge in [0.1, 0.15) is 5.53 Å². The number of benzene rings is 1. The van der Waals surface area contributed by atoms with Crippen molar-refractivity contribution >= 4 is 22.4 Å². The number of nitrogens with one attached hydrogen (secondary N) is 1. The largest absolute Gasteiger partial charge is 0.304 e. The van der Waals surface area contributed by atoms with E-state index in [2.05, 4.69) is 20.0 Å². The summed E-state index contributed by atoms with van der Waals surface area (Å²) in [5.74, 6) is 0. The number of nitro groups is 1. The molecule has 0 radical (unpaired) electrons. The van der Waals surface area contributed by atoms with E-state index in [9.17, 15) is 10.1 Å². The molecule has 0 spiro atoms. The van der Waals surface area contributed by atoms with Crippen LogP contribution in [0.5, 0.6) is 0 Å². The van der Waals surface area contributed by atoms with E-state index in [1.54, 1.807) is 0 Å². The van der Waals surface area contributed by atoms with Crippen molar-refractivity contribution in [2.24, 2.45) is 5.11 Å². The fourth-order valence-electron chi connectivity index (χ4n) is 1.27. The van der Waals surface area contributed by atoms with E-state index in [4.69, 9.17) is 5.53 Å². The topological polar surface area (TPSA) is 119 Å². The molecule has 0 aliphatic rings. The molecule has 1 heterocycles. The predicted octanol–water partition coefficient (Wildman–Crippen LogP) is 1.72. The number of rotatable bonds is 2. The van der Waals surface area contributed by atoms with Crippen LogP contribution in [-0.4, -0.2) is 14.9 Å². The van der Waals surface area contributed by atoms with Gasteiger partial charge in [0, 0.05) is 24.5 Å². The predicted molar refractivity (Wildman–Crippen MR) is 53.1 cm³/mol. The lowest BCUT2D eigenvalue weighted by Crippen LogP contribution is -1.91. The van der Waals surface area contributed by atoms with E-state index in [1.807, 2.05) is 0 Å². The van der Waals surface area contributed by atoms with Crippen molar-refractivity contribution in [1.29, 1.82) is 5.53 Å². The molecule has 1 N–H and O–H groups in total. The molecule has 2 aromatic rings. The van der Waals surface area contributed by atoms with Crippen LogP contribution in [0.3, 0.4) is 0 Å². The Hall–Kier alpha value is -2.73. The SMILES string of the molecule is N=[N+]=Nc1cc2nccnc2cc1[N+](=O)[O-]. The molecule has 2 rings (SSSR count). The van der Waals surface area contributed by atoms with Crippen molar-refractivity contribution in [3.05, 3.63) is 34.6 Å². The minimum absolute atomic E-state index is 0.00648. The van der Waals surface area contributed by atoms with E-state index in [-0.39, 0.29) is 11.4 Å². The summed E-state index contributed by atoms with van der Waals surface area (Å²) in [5, 5.41) is 14.1. The Balaban J connectivity index is 2.80. The number of nitrogens with zero attached hydrogens (tertiary/aromatic N) is 5. The molecule has 78 valence electrons. The summed E-state index contributed by atoms with van der Waals surface area (Å²) in [4.78, 5) is 20.8. The smallest absolute Gasteiger partial charge is 0.258 e. The van der Waals surface area contributed by atoms with Crippen molar-refractivity contribution in [2.45, 2.75) is 0 Å². The lowest BCUT2D eigenvalue weighted by Gasteiger charge is -1.96. The van der Waals surface area contributed by atoms with Gasteiger partial charge in [0.25, 0.3) is 0 Å². The maximum Gasteiger partial charge on any atom is 0.304 e. The third-order valence-corrected chi connectivity index (χ3v) is 1.92. The molecule has 8 heteroatoms. The molecule has 0 fully saturated rings. The van der Waals surface area contributed by atoms with Crippen LogP contribution in [-0.2, 0) is 0 Å². The highest BCUT2D eigenvalue weighted by Gasteiger charge is 2.19. The molecular formula is C8H5N6O2+. The molecule has 0 saturated carbocycles. The standard InChI is InChI=1S/C8H5N6O2/c9-13-12-7-3-5-6(11-2-1-10-5)4-8(7)14(15)16/h1-4,9H/q+1. The number of hydrogen-bond donors (Lipinski definition) is 1. The summed E-state index contributed by atoms with van der Waals surface area (Å²) in [5.41, 5.74) is 7.20. The lowest BCUT2D eigenvalue weighted by atomic mass is 10.2. The normalized spacial score (nSPS) is 9.75. The van der Waals surface area contributed by atoms with Crippen LogP contribution in [0, 0.1) is 15.6 Å². The molecule has 0 aliphatic heterocycles. The zero-order valence-electron chi connectivity index (χ0n) is 7.86. The maximum absolute atomic E-state index is 10.7. The molecule has 1 aromatic heterocycles. The Morgan fingerprint density at radius 1 is 1.31 bits per heavy atom. The minimum atomic E-state index is -0.599. The fourth-order valence-corrected chi connectivity index (χ4v) is 1.27. The summed E-state index contributed by atoms with van der Waals surface area (Å²) in [7, 11) is 0. The van der Waals surface area contributed by atoms with Crippen LogP contribution in [0.2, 0.25) is 0 Å². The van der Waals surface area contributed by atoms with E-state index < -0.39 is 4.92 Å². The Morgan fingerprint density at radius 2 is 1.94 bits per heavy atom. The molecular weight excluding hydrogens is 212 g/mol. The van der Waals surface area contributed by atoms with Gasteiger partial charge in [-0.3, -0.25) is 20.1 Å². The van der Waals surface area contributed by atoms with Gasteiger partial charge in [0.15, 0.2) is 5.11 Å². The third-order valence-electron chi connectivity index (χ3n) is 1.92. The molecule has 16 heavy (non-hydrogen) atoms. The third kappa shape index (κ3) is 1.60. The first-order valence-electron chi connectivity index (χ1n) is 4.19. The Morgan fingerprint density at radius 3 is 2.50 bits per heavy atom. The highest BCUT2D eigenvalue weighted by Crippen LogP contribution is 2.30. The second kappa shape index (κ2) is 3.79. The number of hydrogen-bond acceptors (Lipinski definition) is 6. The average Bonchev–Trinajstić information content (AvgIpc) is 2.28. The van der Waals surface area contributed by atoms with Crippen molar-refractivity contribution in [1.82, 2.24) is 14.9 Å². The van der Waals surface area contributed by atoms with Gasteiger partial charge in [0.05, 0.1) is 16.0 Å². The fraction of sp³-hybridized carbons (Fsp3) is 0. The van der Waals surface area contributed by atoms with Gasteiger partial charge in [-0.2, -0.15) is 0 Å². The van der Waals surface area contributed by atoms with Gasteiger partial charge in [-0.05, 0) is 0 Å². The second-order valence-corrected chi connectivity index (χ2v) is 2.84. The number of fused-ring (bicyclic) bond motifs is 1. The molecule has 0 saturated heterocycles. The van der Waals surface area contributed by atoms with Crippen LogP contribution >= 0.6 is 0 Å². The molecule has 0 atom stereocenters. The van der Waals surface area contributed by atoms with E-state index in [0.717, 1.165) is 0 Å². The Kier molecular flexibility index (Phi) is 2.33. The van der Waals surface area contributed by atoms with Crippen molar-refractivity contribution < 1.29 is 4.92 Å². The zero-order chi connectivity index (χ0) is 11.5. The Labute approximate surface area is 88.3 Å². The number of nitro benzene ring substituents is 1. The first-order chi connectivity index (χ1) is 7.72. The minimum Gasteiger partial charge on any atom is -0.258 e. The summed E-state index contributed by atoms with van der Waals surface area (Å²) >= 11 is 0. The first kappa shape index (κ1) is 9.81. The second-order valence-electron chi connectivity index (χ2n) is 2.84. The summed E-state index contributed by atoms with van der Waals surface area (Å²) in [6.45, 7) is 0. The van der Waals surface area contributed by atoms with E-state index in [0.29, 0.717) is 11.0 Å². The highest BCUT2D eigenvalue weighted by atomic mass is 16.6. The van der Waals surface area contributed by atoms with Gasteiger partial charge in [0.2, 0.25) is 10.6 Å². The maximum atomic E-state index is 10.7. The molecule has 1 aromatic carbocycles. The van der Waals surface area contributed by atoms with Gasteiger partial charge in [-0.15, -0.1) is 0 Å². The highest BCUT2D eigenvalue weighted by molar-refractivity contribution is 5.82. The van der Waals surface area contributed by atoms with Crippen LogP contribution in [0.15, 0.2) is 29.6 Å². The van der Waals surface area contributed by atoms with Gasteiger partial charge in [-0.25, -0.2) is 0 Å². The summed E-state index contributed by atoms with van der Waals surface area (Å²) in [6.07, 6.45) is 2.91. The van der Waals surface area contributed by atoms with Crippen LogP contribution in [0.1, 0.15) is 0 Å². The van der Waals surface area contributed by atoms with Crippen LogP contribution in [0.25, 0.3) is 11.0 Å².